The van der Waals surface area contributed by atoms with Gasteiger partial charge < -0.3 is 0 Å². The minimum atomic E-state index is 0.180. The molecule has 2 aromatic rings. The number of Topliss-reactive ketones (excluding diaryl/α,β-unsaturated/α-hetero) is 1. The van der Waals surface area contributed by atoms with Crippen molar-refractivity contribution in [3.8, 4) is 0 Å². The molecule has 4 nitrogen and oxygen atoms in total. The number of rotatable bonds is 1. The number of ketones is 1. The van der Waals surface area contributed by atoms with Crippen LogP contribution in [0, 0.1) is 6.92 Å². The van der Waals surface area contributed by atoms with E-state index in [4.69, 9.17) is 0 Å². The van der Waals surface area contributed by atoms with Crippen molar-refractivity contribution in [2.45, 2.75) is 19.8 Å². The molecule has 0 spiro atoms. The molecule has 0 radical (unpaired) electrons. The summed E-state index contributed by atoms with van der Waals surface area (Å²) in [5.41, 5.74) is 4.65. The Hall–Kier alpha value is -2.36. The van der Waals surface area contributed by atoms with E-state index in [2.05, 4.69) is 15.2 Å². The number of aromatic nitrogens is 2. The van der Waals surface area contributed by atoms with Crippen LogP contribution in [0.4, 0.5) is 5.69 Å². The largest absolute Gasteiger partial charge is 0.299 e. The standard InChI is InChI=1S/C15H13N3O/c1-10-2-3-14-12(6-10)7-13(19)8-15(18-14)11-4-5-16-17-9-11/h2-6,9H,7-8H2,1H3. The highest BCUT2D eigenvalue weighted by Crippen LogP contribution is 2.26. The quantitative estimate of drug-likeness (QED) is 0.782. The maximum Gasteiger partial charge on any atom is 0.143 e. The molecule has 0 N–H and O–H groups in total. The second kappa shape index (κ2) is 4.72. The first-order valence-corrected chi connectivity index (χ1v) is 6.18. The highest BCUT2D eigenvalue weighted by molar-refractivity contribution is 6.13. The number of carbonyl (C=O) groups is 1. The van der Waals surface area contributed by atoms with Gasteiger partial charge in [0.05, 0.1) is 23.8 Å². The lowest BCUT2D eigenvalue weighted by Crippen LogP contribution is -2.09. The maximum absolute atomic E-state index is 12.0. The number of hydrogen-bond acceptors (Lipinski definition) is 4. The Labute approximate surface area is 111 Å². The number of benzene rings is 1. The van der Waals surface area contributed by atoms with Crippen molar-refractivity contribution < 1.29 is 4.79 Å². The van der Waals surface area contributed by atoms with Gasteiger partial charge in [0.15, 0.2) is 0 Å². The molecular formula is C15H13N3O. The third-order valence-electron chi connectivity index (χ3n) is 3.16. The topological polar surface area (TPSA) is 55.2 Å². The summed E-state index contributed by atoms with van der Waals surface area (Å²) in [4.78, 5) is 16.7. The summed E-state index contributed by atoms with van der Waals surface area (Å²) in [5, 5.41) is 7.59. The van der Waals surface area contributed by atoms with E-state index in [1.165, 1.54) is 0 Å². The summed E-state index contributed by atoms with van der Waals surface area (Å²) in [5.74, 6) is 0.180. The van der Waals surface area contributed by atoms with Gasteiger partial charge in [-0.15, -0.1) is 0 Å². The minimum Gasteiger partial charge on any atom is -0.299 e. The predicted octanol–water partition coefficient (Wildman–Crippen LogP) is 2.42. The molecule has 1 aromatic heterocycles. The van der Waals surface area contributed by atoms with Crippen molar-refractivity contribution in [1.82, 2.24) is 10.2 Å². The van der Waals surface area contributed by atoms with Crippen LogP contribution in [0.25, 0.3) is 0 Å². The molecule has 3 rings (SSSR count). The lowest BCUT2D eigenvalue weighted by molar-refractivity contribution is -0.117. The number of carbonyl (C=O) groups excluding carboxylic acids is 1. The monoisotopic (exact) mass is 251 g/mol. The van der Waals surface area contributed by atoms with E-state index in [1.54, 1.807) is 12.4 Å². The number of aliphatic imine (C=N–C) groups is 1. The SMILES string of the molecule is Cc1ccc2c(c1)CC(=O)CC(c1ccnnc1)=N2. The van der Waals surface area contributed by atoms with Crippen LogP contribution in [0.2, 0.25) is 0 Å². The molecule has 1 aliphatic heterocycles. The van der Waals surface area contributed by atoms with Crippen molar-refractivity contribution in [1.29, 1.82) is 0 Å². The van der Waals surface area contributed by atoms with Gasteiger partial charge in [0.1, 0.15) is 5.78 Å². The Morgan fingerprint density at radius 2 is 2.00 bits per heavy atom. The average molecular weight is 251 g/mol. The van der Waals surface area contributed by atoms with Gasteiger partial charge in [-0.3, -0.25) is 9.79 Å². The molecule has 0 fully saturated rings. The van der Waals surface area contributed by atoms with E-state index in [9.17, 15) is 4.79 Å². The predicted molar refractivity (Wildman–Crippen MR) is 72.7 cm³/mol. The van der Waals surface area contributed by atoms with Crippen LogP contribution >= 0.6 is 0 Å². The lowest BCUT2D eigenvalue weighted by Gasteiger charge is -2.03. The first-order chi connectivity index (χ1) is 9.22. The Morgan fingerprint density at radius 1 is 1.11 bits per heavy atom. The van der Waals surface area contributed by atoms with Crippen LogP contribution in [-0.4, -0.2) is 21.7 Å². The Bertz CT molecular complexity index is 662. The van der Waals surface area contributed by atoms with Crippen molar-refractivity contribution in [2.75, 3.05) is 0 Å². The van der Waals surface area contributed by atoms with E-state index in [-0.39, 0.29) is 5.78 Å². The van der Waals surface area contributed by atoms with Gasteiger partial charge in [0, 0.05) is 18.4 Å². The molecule has 0 saturated carbocycles. The fourth-order valence-corrected chi connectivity index (χ4v) is 2.24. The number of nitrogens with zero attached hydrogens (tertiary/aromatic N) is 3. The maximum atomic E-state index is 12.0. The third-order valence-corrected chi connectivity index (χ3v) is 3.16. The second-order valence-corrected chi connectivity index (χ2v) is 4.71. The number of fused-ring (bicyclic) bond motifs is 1. The molecule has 0 saturated heterocycles. The zero-order valence-electron chi connectivity index (χ0n) is 10.6. The van der Waals surface area contributed by atoms with Crippen LogP contribution in [-0.2, 0) is 11.2 Å². The lowest BCUT2D eigenvalue weighted by atomic mass is 10.0. The van der Waals surface area contributed by atoms with Gasteiger partial charge in [0.2, 0.25) is 0 Å². The summed E-state index contributed by atoms with van der Waals surface area (Å²) < 4.78 is 0. The van der Waals surface area contributed by atoms with E-state index in [1.807, 2.05) is 31.2 Å². The van der Waals surface area contributed by atoms with Gasteiger partial charge >= 0.3 is 0 Å². The summed E-state index contributed by atoms with van der Waals surface area (Å²) >= 11 is 0. The van der Waals surface area contributed by atoms with Crippen LogP contribution in [0.15, 0.2) is 41.7 Å². The van der Waals surface area contributed by atoms with Gasteiger partial charge in [-0.05, 0) is 24.6 Å². The highest BCUT2D eigenvalue weighted by atomic mass is 16.1. The minimum absolute atomic E-state index is 0.180. The van der Waals surface area contributed by atoms with Crippen LogP contribution in [0.1, 0.15) is 23.1 Å². The molecule has 19 heavy (non-hydrogen) atoms. The first-order valence-electron chi connectivity index (χ1n) is 6.18. The zero-order valence-corrected chi connectivity index (χ0v) is 10.6. The Balaban J connectivity index is 2.11. The highest BCUT2D eigenvalue weighted by Gasteiger charge is 2.17. The molecule has 4 heteroatoms. The molecule has 2 heterocycles. The van der Waals surface area contributed by atoms with Crippen LogP contribution < -0.4 is 0 Å². The van der Waals surface area contributed by atoms with E-state index in [0.29, 0.717) is 12.8 Å². The molecule has 0 aliphatic carbocycles. The van der Waals surface area contributed by atoms with E-state index >= 15 is 0 Å². The zero-order chi connectivity index (χ0) is 13.2. The number of aryl methyl sites for hydroxylation is 1. The van der Waals surface area contributed by atoms with Crippen molar-refractivity contribution in [3.05, 3.63) is 53.3 Å². The molecule has 1 aromatic carbocycles. The molecule has 1 aliphatic rings. The Morgan fingerprint density at radius 3 is 2.79 bits per heavy atom. The van der Waals surface area contributed by atoms with Gasteiger partial charge in [-0.25, -0.2) is 0 Å². The molecule has 0 unspecified atom stereocenters. The summed E-state index contributed by atoms with van der Waals surface area (Å²) in [7, 11) is 0. The van der Waals surface area contributed by atoms with Gasteiger partial charge in [-0.1, -0.05) is 17.7 Å². The Kier molecular flexibility index (Phi) is 2.91. The van der Waals surface area contributed by atoms with Gasteiger partial charge in [0.25, 0.3) is 0 Å². The van der Waals surface area contributed by atoms with E-state index < -0.39 is 0 Å². The molecule has 0 amide bonds. The first kappa shape index (κ1) is 11.7. The molecule has 0 bridgehead atoms. The van der Waals surface area contributed by atoms with Gasteiger partial charge in [-0.2, -0.15) is 10.2 Å². The second-order valence-electron chi connectivity index (χ2n) is 4.71. The van der Waals surface area contributed by atoms with Crippen molar-refractivity contribution in [3.63, 3.8) is 0 Å². The fourth-order valence-electron chi connectivity index (χ4n) is 2.24. The van der Waals surface area contributed by atoms with Crippen LogP contribution in [0.3, 0.4) is 0 Å². The molecule has 94 valence electrons. The average Bonchev–Trinajstić information content (AvgIpc) is 2.57. The van der Waals surface area contributed by atoms with Crippen molar-refractivity contribution in [2.24, 2.45) is 4.99 Å². The third kappa shape index (κ3) is 2.42. The normalized spacial score (nSPS) is 14.6. The number of hydrogen-bond donors (Lipinski definition) is 0. The summed E-state index contributed by atoms with van der Waals surface area (Å²) in [6, 6.07) is 7.85. The summed E-state index contributed by atoms with van der Waals surface area (Å²) in [6.07, 6.45) is 4.05. The smallest absolute Gasteiger partial charge is 0.143 e. The van der Waals surface area contributed by atoms with E-state index in [0.717, 1.165) is 28.1 Å². The summed E-state index contributed by atoms with van der Waals surface area (Å²) in [6.45, 7) is 2.02. The van der Waals surface area contributed by atoms with Crippen LogP contribution in [0.5, 0.6) is 0 Å². The molecular weight excluding hydrogens is 238 g/mol. The van der Waals surface area contributed by atoms with Crippen molar-refractivity contribution >= 4 is 17.2 Å². The molecule has 0 atom stereocenters. The fraction of sp³-hybridized carbons (Fsp3) is 0.200.